The van der Waals surface area contributed by atoms with E-state index in [4.69, 9.17) is 25.1 Å². The van der Waals surface area contributed by atoms with E-state index in [2.05, 4.69) is 9.98 Å². The van der Waals surface area contributed by atoms with Crippen LogP contribution in [0.4, 0.5) is 10.1 Å². The zero-order chi connectivity index (χ0) is 27.2. The van der Waals surface area contributed by atoms with Gasteiger partial charge in [-0.15, -0.1) is 0 Å². The van der Waals surface area contributed by atoms with Crippen LogP contribution in [-0.2, 0) is 25.4 Å². The van der Waals surface area contributed by atoms with Crippen LogP contribution in [0.25, 0.3) is 0 Å². The molecule has 0 aromatic heterocycles. The predicted octanol–water partition coefficient (Wildman–Crippen LogP) is 4.80. The van der Waals surface area contributed by atoms with Crippen molar-refractivity contribution in [2.24, 2.45) is 20.9 Å². The average Bonchev–Trinajstić information content (AvgIpc) is 2.87. The molecule has 0 spiro atoms. The maximum absolute atomic E-state index is 14.7. The van der Waals surface area contributed by atoms with Crippen molar-refractivity contribution in [1.29, 1.82) is 0 Å². The van der Waals surface area contributed by atoms with Crippen molar-refractivity contribution in [1.82, 2.24) is 0 Å². The molecular formula is C27H37FN4O4S. The van der Waals surface area contributed by atoms with E-state index < -0.39 is 17.9 Å². The lowest BCUT2D eigenvalue weighted by molar-refractivity contribution is -0.152. The van der Waals surface area contributed by atoms with Crippen molar-refractivity contribution >= 4 is 35.3 Å². The molecule has 4 N–H and O–H groups in total. The zero-order valence-corrected chi connectivity index (χ0v) is 22.8. The molecular weight excluding hydrogens is 495 g/mol. The van der Waals surface area contributed by atoms with E-state index in [9.17, 15) is 9.18 Å². The average molecular weight is 533 g/mol. The highest BCUT2D eigenvalue weighted by atomic mass is 32.2. The number of hydrogen-bond donors (Lipinski definition) is 2. The third-order valence-corrected chi connectivity index (χ3v) is 5.86. The van der Waals surface area contributed by atoms with Crippen LogP contribution in [0.1, 0.15) is 43.4 Å². The molecule has 0 aliphatic carbocycles. The predicted molar refractivity (Wildman–Crippen MR) is 147 cm³/mol. The van der Waals surface area contributed by atoms with Crippen molar-refractivity contribution in [2.45, 2.75) is 58.0 Å². The van der Waals surface area contributed by atoms with Gasteiger partial charge in [-0.1, -0.05) is 37.6 Å². The van der Waals surface area contributed by atoms with E-state index >= 15 is 0 Å². The minimum absolute atomic E-state index is 0.0701. The van der Waals surface area contributed by atoms with Gasteiger partial charge in [0.1, 0.15) is 29.8 Å². The third-order valence-electron chi connectivity index (χ3n) is 5.33. The van der Waals surface area contributed by atoms with Gasteiger partial charge in [0.15, 0.2) is 6.10 Å². The first kappa shape index (κ1) is 30.4. The highest BCUT2D eigenvalue weighted by molar-refractivity contribution is 7.97. The van der Waals surface area contributed by atoms with E-state index in [1.54, 1.807) is 6.07 Å². The molecule has 2 aromatic carbocycles. The van der Waals surface area contributed by atoms with E-state index in [1.165, 1.54) is 12.1 Å². The second-order valence-electron chi connectivity index (χ2n) is 8.45. The maximum atomic E-state index is 14.7. The Morgan fingerprint density at radius 3 is 2.51 bits per heavy atom. The monoisotopic (exact) mass is 532 g/mol. The number of benzene rings is 2. The maximum Gasteiger partial charge on any atom is 0.332 e. The molecule has 0 aliphatic heterocycles. The number of carbonyl (C=O) groups excluding carboxylic acids is 1. The van der Waals surface area contributed by atoms with Gasteiger partial charge >= 0.3 is 5.97 Å². The molecule has 2 rings (SSSR count). The van der Waals surface area contributed by atoms with Gasteiger partial charge < -0.3 is 19.9 Å². The highest BCUT2D eigenvalue weighted by Gasteiger charge is 2.18. The molecule has 1 atom stereocenters. The summed E-state index contributed by atoms with van der Waals surface area (Å²) in [6.45, 7) is 8.92. The smallest absolute Gasteiger partial charge is 0.332 e. The summed E-state index contributed by atoms with van der Waals surface area (Å²) in [5.74, 6) is -0.728. The molecule has 2 aromatic rings. The van der Waals surface area contributed by atoms with Crippen LogP contribution in [-0.4, -0.2) is 50.2 Å². The summed E-state index contributed by atoms with van der Waals surface area (Å²) in [6, 6.07) is 10.6. The SMILES string of the molecule is CCCOCCOCC(=O)OC(CC)C(N)=NC(Cc1cc(C)ccc1C)=Nc1ccc(SN)cc1F. The Balaban J connectivity index is 2.24. The summed E-state index contributed by atoms with van der Waals surface area (Å²) in [4.78, 5) is 21.8. The molecule has 0 aliphatic rings. The van der Waals surface area contributed by atoms with Crippen molar-refractivity contribution in [3.8, 4) is 0 Å². The van der Waals surface area contributed by atoms with Crippen LogP contribution in [0.5, 0.6) is 0 Å². The number of amidine groups is 2. The Kier molecular flexibility index (Phi) is 13.3. The first-order valence-corrected chi connectivity index (χ1v) is 13.1. The zero-order valence-electron chi connectivity index (χ0n) is 22.0. The van der Waals surface area contributed by atoms with Crippen LogP contribution < -0.4 is 10.9 Å². The number of hydrogen-bond acceptors (Lipinski definition) is 7. The number of esters is 1. The molecule has 0 saturated heterocycles. The van der Waals surface area contributed by atoms with Gasteiger partial charge in [-0.2, -0.15) is 0 Å². The number of aliphatic imine (C=N–C) groups is 2. The number of aryl methyl sites for hydroxylation is 2. The summed E-state index contributed by atoms with van der Waals surface area (Å²) in [7, 11) is 0. The van der Waals surface area contributed by atoms with Crippen LogP contribution in [0.2, 0.25) is 0 Å². The van der Waals surface area contributed by atoms with Gasteiger partial charge in [-0.25, -0.2) is 19.2 Å². The molecule has 0 bridgehead atoms. The Morgan fingerprint density at radius 2 is 1.84 bits per heavy atom. The second-order valence-corrected chi connectivity index (χ2v) is 9.16. The Morgan fingerprint density at radius 1 is 1.08 bits per heavy atom. The van der Waals surface area contributed by atoms with Crippen molar-refractivity contribution in [3.05, 3.63) is 58.9 Å². The van der Waals surface area contributed by atoms with Crippen molar-refractivity contribution in [3.63, 3.8) is 0 Å². The number of ether oxygens (including phenoxy) is 3. The number of nitrogens with zero attached hydrogens (tertiary/aromatic N) is 2. The Bertz CT molecular complexity index is 1090. The fraction of sp³-hybridized carbons (Fsp3) is 0.444. The number of halogens is 1. The summed E-state index contributed by atoms with van der Waals surface area (Å²) < 4.78 is 30.8. The molecule has 1 unspecified atom stereocenters. The van der Waals surface area contributed by atoms with Crippen molar-refractivity contribution < 1.29 is 23.4 Å². The fourth-order valence-corrected chi connectivity index (χ4v) is 3.66. The molecule has 0 fully saturated rings. The summed E-state index contributed by atoms with van der Waals surface area (Å²) in [5.41, 5.74) is 9.47. The largest absolute Gasteiger partial charge is 0.453 e. The van der Waals surface area contributed by atoms with E-state index in [-0.39, 0.29) is 30.6 Å². The normalized spacial score (nSPS) is 13.0. The lowest BCUT2D eigenvalue weighted by Crippen LogP contribution is -2.35. The van der Waals surface area contributed by atoms with Crippen LogP contribution in [0.3, 0.4) is 0 Å². The van der Waals surface area contributed by atoms with E-state index in [0.717, 1.165) is 35.1 Å². The van der Waals surface area contributed by atoms with Crippen LogP contribution >= 0.6 is 11.9 Å². The number of rotatable bonds is 14. The van der Waals surface area contributed by atoms with Gasteiger partial charge in [0.2, 0.25) is 0 Å². The molecule has 0 saturated carbocycles. The van der Waals surface area contributed by atoms with Gasteiger partial charge in [0, 0.05) is 17.9 Å². The quantitative estimate of drug-likeness (QED) is 0.118. The second kappa shape index (κ2) is 16.1. The highest BCUT2D eigenvalue weighted by Crippen LogP contribution is 2.24. The summed E-state index contributed by atoms with van der Waals surface area (Å²) in [5, 5.41) is 5.53. The molecule has 10 heteroatoms. The first-order valence-electron chi connectivity index (χ1n) is 12.3. The lowest BCUT2D eigenvalue weighted by Gasteiger charge is -2.16. The number of nitrogens with two attached hydrogens (primary N) is 2. The minimum atomic E-state index is -0.780. The molecule has 0 heterocycles. The van der Waals surface area contributed by atoms with Crippen LogP contribution in [0.15, 0.2) is 51.3 Å². The molecule has 0 radical (unpaired) electrons. The van der Waals surface area contributed by atoms with Crippen LogP contribution in [0, 0.1) is 19.7 Å². The summed E-state index contributed by atoms with van der Waals surface area (Å²) in [6.07, 6.45) is 0.843. The molecule has 8 nitrogen and oxygen atoms in total. The van der Waals surface area contributed by atoms with Gasteiger partial charge in [0.05, 0.1) is 13.2 Å². The molecule has 37 heavy (non-hydrogen) atoms. The van der Waals surface area contributed by atoms with E-state index in [0.29, 0.717) is 31.0 Å². The minimum Gasteiger partial charge on any atom is -0.453 e. The Labute approximate surface area is 222 Å². The lowest BCUT2D eigenvalue weighted by atomic mass is 10.0. The molecule has 0 amide bonds. The summed E-state index contributed by atoms with van der Waals surface area (Å²) >= 11 is 0.948. The Hall–Kier alpha value is -2.79. The fourth-order valence-electron chi connectivity index (χ4n) is 3.34. The van der Waals surface area contributed by atoms with Gasteiger partial charge in [-0.3, -0.25) is 5.14 Å². The third kappa shape index (κ3) is 10.6. The topological polar surface area (TPSA) is 122 Å². The first-order chi connectivity index (χ1) is 17.8. The van der Waals surface area contributed by atoms with Gasteiger partial charge in [0.25, 0.3) is 0 Å². The van der Waals surface area contributed by atoms with E-state index in [1.807, 2.05) is 45.9 Å². The van der Waals surface area contributed by atoms with Gasteiger partial charge in [-0.05, 0) is 68.0 Å². The number of carbonyl (C=O) groups is 1. The molecule has 202 valence electrons. The van der Waals surface area contributed by atoms with Crippen molar-refractivity contribution in [2.75, 3.05) is 26.4 Å². The standard InChI is InChI=1S/C27H37FN4O4S/c1-5-11-34-12-13-35-17-26(33)36-24(6-2)27(29)32-25(15-20-14-18(3)7-8-19(20)4)31-23-10-9-21(37-30)16-22(23)28/h7-10,14,16,24H,5-6,11-13,15,17,30H2,1-4H3,(H2,29,31,32).